The maximum atomic E-state index is 12.2. The average molecular weight is 486 g/mol. The van der Waals surface area contributed by atoms with Crippen molar-refractivity contribution in [2.75, 3.05) is 13.6 Å². The summed E-state index contributed by atoms with van der Waals surface area (Å²) < 4.78 is 0. The highest BCUT2D eigenvalue weighted by molar-refractivity contribution is 14.0. The van der Waals surface area contributed by atoms with Gasteiger partial charge in [-0.2, -0.15) is 0 Å². The maximum Gasteiger partial charge on any atom is 0.251 e. The second-order valence-corrected chi connectivity index (χ2v) is 8.41. The zero-order valence-electron chi connectivity index (χ0n) is 17.7. The summed E-state index contributed by atoms with van der Waals surface area (Å²) in [5.41, 5.74) is 2.18. The first-order chi connectivity index (χ1) is 12.1. The molecule has 1 aromatic carbocycles. The molecule has 1 atom stereocenters. The second kappa shape index (κ2) is 9.26. The minimum absolute atomic E-state index is 0. The largest absolute Gasteiger partial charge is 0.352 e. The van der Waals surface area contributed by atoms with Crippen molar-refractivity contribution in [3.05, 3.63) is 35.4 Å². The van der Waals surface area contributed by atoms with Crippen molar-refractivity contribution in [3.63, 3.8) is 0 Å². The average Bonchev–Trinajstić information content (AvgIpc) is 2.61. The number of nitrogens with zero attached hydrogens (tertiary/aromatic N) is 2. The van der Waals surface area contributed by atoms with Gasteiger partial charge in [0, 0.05) is 42.7 Å². The third kappa shape index (κ3) is 5.15. The van der Waals surface area contributed by atoms with Gasteiger partial charge in [0.15, 0.2) is 5.96 Å². The first-order valence-corrected chi connectivity index (χ1v) is 9.50. The fourth-order valence-electron chi connectivity index (χ4n) is 3.06. The summed E-state index contributed by atoms with van der Waals surface area (Å²) in [5, 5.41) is 6.44. The van der Waals surface area contributed by atoms with Crippen LogP contribution in [0.15, 0.2) is 29.3 Å². The van der Waals surface area contributed by atoms with E-state index in [-0.39, 0.29) is 46.9 Å². The first kappa shape index (κ1) is 23.7. The Balaban J connectivity index is 0.00000364. The third-order valence-electron chi connectivity index (χ3n) is 6.01. The lowest BCUT2D eigenvalue weighted by Crippen LogP contribution is -2.72. The molecule has 0 spiro atoms. The number of hydrogen-bond acceptors (Lipinski definition) is 2. The molecule has 1 amide bonds. The SMILES string of the molecule is CCC(C)NC(=O)c1ccc(CNC(=NC)N2CC(C)(C)C2(C)C)cc1.I. The summed E-state index contributed by atoms with van der Waals surface area (Å²) in [7, 11) is 1.83. The van der Waals surface area contributed by atoms with E-state index in [1.807, 2.05) is 38.2 Å². The van der Waals surface area contributed by atoms with Crippen LogP contribution in [0.1, 0.15) is 63.9 Å². The van der Waals surface area contributed by atoms with E-state index in [2.05, 4.69) is 55.1 Å². The molecule has 1 aliphatic heterocycles. The highest BCUT2D eigenvalue weighted by Gasteiger charge is 2.53. The van der Waals surface area contributed by atoms with E-state index in [0.717, 1.165) is 24.5 Å². The fraction of sp³-hybridized carbons (Fsp3) is 0.619. The van der Waals surface area contributed by atoms with Gasteiger partial charge in [0.05, 0.1) is 0 Å². The maximum absolute atomic E-state index is 12.2. The summed E-state index contributed by atoms with van der Waals surface area (Å²) in [6, 6.07) is 7.95. The van der Waals surface area contributed by atoms with Crippen molar-refractivity contribution < 1.29 is 4.79 Å². The zero-order valence-corrected chi connectivity index (χ0v) is 20.0. The van der Waals surface area contributed by atoms with Crippen LogP contribution in [-0.4, -0.2) is 41.9 Å². The lowest BCUT2D eigenvalue weighted by molar-refractivity contribution is -0.0667. The van der Waals surface area contributed by atoms with Crippen LogP contribution in [0.4, 0.5) is 0 Å². The van der Waals surface area contributed by atoms with E-state index in [1.54, 1.807) is 0 Å². The molecule has 1 aliphatic rings. The number of likely N-dealkylation sites (tertiary alicyclic amines) is 1. The van der Waals surface area contributed by atoms with Crippen LogP contribution in [-0.2, 0) is 6.54 Å². The van der Waals surface area contributed by atoms with Crippen LogP contribution in [0.5, 0.6) is 0 Å². The Kier molecular flexibility index (Phi) is 8.14. The molecule has 5 nitrogen and oxygen atoms in total. The molecule has 2 rings (SSSR count). The number of carbonyl (C=O) groups excluding carboxylic acids is 1. The number of aliphatic imine (C=N–C) groups is 1. The highest BCUT2D eigenvalue weighted by atomic mass is 127. The Morgan fingerprint density at radius 1 is 1.22 bits per heavy atom. The molecule has 152 valence electrons. The van der Waals surface area contributed by atoms with Crippen molar-refractivity contribution in [2.24, 2.45) is 10.4 Å². The number of hydrogen-bond donors (Lipinski definition) is 2. The van der Waals surface area contributed by atoms with E-state index in [1.165, 1.54) is 0 Å². The highest BCUT2D eigenvalue weighted by Crippen LogP contribution is 2.46. The summed E-state index contributed by atoms with van der Waals surface area (Å²) in [5.74, 6) is 0.909. The van der Waals surface area contributed by atoms with Gasteiger partial charge in [0.1, 0.15) is 0 Å². The molecular weight excluding hydrogens is 451 g/mol. The minimum atomic E-state index is -0.0146. The van der Waals surface area contributed by atoms with Gasteiger partial charge in [-0.1, -0.05) is 32.9 Å². The van der Waals surface area contributed by atoms with Gasteiger partial charge in [0.2, 0.25) is 0 Å². The quantitative estimate of drug-likeness (QED) is 0.376. The Labute approximate surface area is 181 Å². The number of rotatable bonds is 5. The van der Waals surface area contributed by atoms with E-state index < -0.39 is 0 Å². The lowest BCUT2D eigenvalue weighted by atomic mass is 9.65. The van der Waals surface area contributed by atoms with Gasteiger partial charge in [-0.25, -0.2) is 0 Å². The fourth-order valence-corrected chi connectivity index (χ4v) is 3.06. The molecule has 1 heterocycles. The van der Waals surface area contributed by atoms with Crippen LogP contribution in [0, 0.1) is 5.41 Å². The minimum Gasteiger partial charge on any atom is -0.352 e. The Bertz CT molecular complexity index is 667. The number of nitrogens with one attached hydrogen (secondary N) is 2. The molecule has 1 saturated heterocycles. The molecule has 1 unspecified atom stereocenters. The second-order valence-electron chi connectivity index (χ2n) is 8.41. The molecule has 27 heavy (non-hydrogen) atoms. The van der Waals surface area contributed by atoms with E-state index in [4.69, 9.17) is 0 Å². The summed E-state index contributed by atoms with van der Waals surface area (Å²) >= 11 is 0. The molecule has 2 N–H and O–H groups in total. The van der Waals surface area contributed by atoms with Crippen molar-refractivity contribution in [3.8, 4) is 0 Å². The third-order valence-corrected chi connectivity index (χ3v) is 6.01. The molecule has 0 radical (unpaired) electrons. The van der Waals surface area contributed by atoms with Gasteiger partial charge in [-0.15, -0.1) is 24.0 Å². The number of amides is 1. The van der Waals surface area contributed by atoms with Crippen LogP contribution >= 0.6 is 24.0 Å². The smallest absolute Gasteiger partial charge is 0.251 e. The summed E-state index contributed by atoms with van der Waals surface area (Å²) in [6.07, 6.45) is 0.927. The molecule has 1 aromatic rings. The van der Waals surface area contributed by atoms with Crippen LogP contribution in [0.25, 0.3) is 0 Å². The molecule has 6 heteroatoms. The van der Waals surface area contributed by atoms with Crippen LogP contribution in [0.2, 0.25) is 0 Å². The summed E-state index contributed by atoms with van der Waals surface area (Å²) in [4.78, 5) is 18.9. The van der Waals surface area contributed by atoms with Crippen molar-refractivity contribution in [2.45, 2.75) is 66.1 Å². The molecule has 0 aromatic heterocycles. The Hall–Kier alpha value is -1.31. The monoisotopic (exact) mass is 486 g/mol. The van der Waals surface area contributed by atoms with E-state index in [9.17, 15) is 4.79 Å². The van der Waals surface area contributed by atoms with Crippen molar-refractivity contribution >= 4 is 35.8 Å². The molecule has 0 saturated carbocycles. The predicted octanol–water partition coefficient (Wildman–Crippen LogP) is 4.03. The summed E-state index contributed by atoms with van der Waals surface area (Å²) in [6.45, 7) is 14.9. The molecular formula is C21H35IN4O. The first-order valence-electron chi connectivity index (χ1n) is 9.50. The molecule has 0 bridgehead atoms. The van der Waals surface area contributed by atoms with Crippen molar-refractivity contribution in [1.29, 1.82) is 0 Å². The van der Waals surface area contributed by atoms with Gasteiger partial charge in [-0.3, -0.25) is 9.79 Å². The number of carbonyl (C=O) groups is 1. The normalized spacial score (nSPS) is 18.8. The molecule has 0 aliphatic carbocycles. The predicted molar refractivity (Wildman–Crippen MR) is 124 cm³/mol. The van der Waals surface area contributed by atoms with E-state index in [0.29, 0.717) is 12.1 Å². The number of halogens is 1. The lowest BCUT2D eigenvalue weighted by Gasteiger charge is -2.62. The Morgan fingerprint density at radius 2 is 1.81 bits per heavy atom. The standard InChI is InChI=1S/C21H34N4O.HI/c1-8-15(2)24-18(26)17-11-9-16(10-12-17)13-23-19(22-7)25-14-20(3,4)21(25,5)6;/h9-12,15H,8,13-14H2,1-7H3,(H,22,23)(H,24,26);1H. The van der Waals surface area contributed by atoms with Gasteiger partial charge < -0.3 is 15.5 Å². The Morgan fingerprint density at radius 3 is 2.26 bits per heavy atom. The topological polar surface area (TPSA) is 56.7 Å². The molecule has 1 fully saturated rings. The van der Waals surface area contributed by atoms with Gasteiger partial charge >= 0.3 is 0 Å². The number of benzene rings is 1. The number of guanidine groups is 1. The van der Waals surface area contributed by atoms with Crippen molar-refractivity contribution in [1.82, 2.24) is 15.5 Å². The van der Waals surface area contributed by atoms with Crippen LogP contribution in [0.3, 0.4) is 0 Å². The van der Waals surface area contributed by atoms with E-state index >= 15 is 0 Å². The van der Waals surface area contributed by atoms with Gasteiger partial charge in [0.25, 0.3) is 5.91 Å². The van der Waals surface area contributed by atoms with Gasteiger partial charge in [-0.05, 0) is 44.9 Å². The van der Waals surface area contributed by atoms with Crippen LogP contribution < -0.4 is 10.6 Å². The zero-order chi connectivity index (χ0) is 19.5.